The molecule has 2 aliphatic rings. The van der Waals surface area contributed by atoms with Crippen molar-refractivity contribution < 1.29 is 19.4 Å². The normalized spacial score (nSPS) is 27.7. The zero-order valence-electron chi connectivity index (χ0n) is 10.4. The van der Waals surface area contributed by atoms with Gasteiger partial charge in [-0.1, -0.05) is 31.9 Å². The van der Waals surface area contributed by atoms with E-state index in [1.807, 2.05) is 0 Å². The highest BCUT2D eigenvalue weighted by molar-refractivity contribution is 5.81. The molecule has 2 atom stereocenters. The molecule has 0 radical (unpaired) electrons. The summed E-state index contributed by atoms with van der Waals surface area (Å²) in [6.45, 7) is 4.07. The first-order valence-corrected chi connectivity index (χ1v) is 6.42. The zero-order chi connectivity index (χ0) is 13.1. The van der Waals surface area contributed by atoms with Crippen LogP contribution in [0.2, 0.25) is 0 Å². The lowest BCUT2D eigenvalue weighted by Crippen LogP contribution is -2.45. The van der Waals surface area contributed by atoms with Gasteiger partial charge in [-0.3, -0.25) is 4.90 Å². The number of carbonyl (C=O) groups excluding carboxylic acids is 1. The SMILES string of the molecule is C=CCOC(=O)N1CCC(C2CCC2)C1C(=O)O. The highest BCUT2D eigenvalue weighted by atomic mass is 16.6. The summed E-state index contributed by atoms with van der Waals surface area (Å²) < 4.78 is 4.94. The summed E-state index contributed by atoms with van der Waals surface area (Å²) in [4.78, 5) is 24.5. The molecule has 1 heterocycles. The largest absolute Gasteiger partial charge is 0.480 e. The Morgan fingerprint density at radius 2 is 2.11 bits per heavy atom. The summed E-state index contributed by atoms with van der Waals surface area (Å²) in [5.41, 5.74) is 0. The average molecular weight is 253 g/mol. The quantitative estimate of drug-likeness (QED) is 0.777. The molecule has 1 saturated carbocycles. The van der Waals surface area contributed by atoms with Crippen LogP contribution in [0, 0.1) is 11.8 Å². The van der Waals surface area contributed by atoms with Gasteiger partial charge in [0, 0.05) is 6.54 Å². The van der Waals surface area contributed by atoms with Crippen LogP contribution in [0.1, 0.15) is 25.7 Å². The molecule has 2 rings (SSSR count). The molecule has 0 aromatic rings. The molecule has 1 amide bonds. The van der Waals surface area contributed by atoms with E-state index in [2.05, 4.69) is 6.58 Å². The number of nitrogens with zero attached hydrogens (tertiary/aromatic N) is 1. The highest BCUT2D eigenvalue weighted by Crippen LogP contribution is 2.41. The number of carboxylic acids is 1. The Kier molecular flexibility index (Phi) is 3.89. The summed E-state index contributed by atoms with van der Waals surface area (Å²) in [7, 11) is 0. The molecule has 1 aliphatic carbocycles. The Morgan fingerprint density at radius 1 is 1.39 bits per heavy atom. The van der Waals surface area contributed by atoms with Crippen LogP contribution in [-0.4, -0.2) is 41.3 Å². The molecule has 1 aliphatic heterocycles. The Bertz CT molecular complexity index is 351. The number of ether oxygens (including phenoxy) is 1. The number of hydrogen-bond acceptors (Lipinski definition) is 3. The first-order valence-electron chi connectivity index (χ1n) is 6.42. The lowest BCUT2D eigenvalue weighted by atomic mass is 9.73. The van der Waals surface area contributed by atoms with Gasteiger partial charge < -0.3 is 9.84 Å². The smallest absolute Gasteiger partial charge is 0.410 e. The van der Waals surface area contributed by atoms with E-state index in [1.165, 1.54) is 17.4 Å². The van der Waals surface area contributed by atoms with Gasteiger partial charge >= 0.3 is 12.1 Å². The predicted molar refractivity (Wildman–Crippen MR) is 65.1 cm³/mol. The fraction of sp³-hybridized carbons (Fsp3) is 0.692. The summed E-state index contributed by atoms with van der Waals surface area (Å²) in [5, 5.41) is 9.33. The van der Waals surface area contributed by atoms with Gasteiger partial charge in [0.05, 0.1) is 0 Å². The van der Waals surface area contributed by atoms with Gasteiger partial charge in [-0.2, -0.15) is 0 Å². The third kappa shape index (κ3) is 2.35. The Hall–Kier alpha value is -1.52. The molecule has 1 N–H and O–H groups in total. The van der Waals surface area contributed by atoms with Crippen LogP contribution >= 0.6 is 0 Å². The van der Waals surface area contributed by atoms with E-state index >= 15 is 0 Å². The van der Waals surface area contributed by atoms with E-state index in [-0.39, 0.29) is 12.5 Å². The van der Waals surface area contributed by atoms with Crippen molar-refractivity contribution in [3.8, 4) is 0 Å². The number of likely N-dealkylation sites (tertiary alicyclic amines) is 1. The van der Waals surface area contributed by atoms with Gasteiger partial charge in [0.15, 0.2) is 0 Å². The molecule has 1 saturated heterocycles. The second kappa shape index (κ2) is 5.42. The van der Waals surface area contributed by atoms with Gasteiger partial charge in [-0.15, -0.1) is 0 Å². The molecule has 5 nitrogen and oxygen atoms in total. The van der Waals surface area contributed by atoms with Crippen molar-refractivity contribution in [1.29, 1.82) is 0 Å². The minimum absolute atomic E-state index is 0.0903. The third-order valence-corrected chi connectivity index (χ3v) is 4.01. The predicted octanol–water partition coefficient (Wildman–Crippen LogP) is 1.88. The number of aliphatic carboxylic acids is 1. The molecule has 0 spiro atoms. The first-order chi connectivity index (χ1) is 8.65. The highest BCUT2D eigenvalue weighted by Gasteiger charge is 2.47. The van der Waals surface area contributed by atoms with E-state index in [0.717, 1.165) is 19.3 Å². The third-order valence-electron chi connectivity index (χ3n) is 4.01. The molecule has 5 heteroatoms. The van der Waals surface area contributed by atoms with Crippen molar-refractivity contribution in [2.45, 2.75) is 31.7 Å². The van der Waals surface area contributed by atoms with Gasteiger partial charge in [-0.25, -0.2) is 9.59 Å². The summed E-state index contributed by atoms with van der Waals surface area (Å²) in [5.74, 6) is -0.365. The fourth-order valence-electron chi connectivity index (χ4n) is 2.91. The average Bonchev–Trinajstić information content (AvgIpc) is 2.68. The maximum atomic E-state index is 11.8. The number of hydrogen-bond donors (Lipinski definition) is 1. The van der Waals surface area contributed by atoms with Gasteiger partial charge in [-0.05, 0) is 18.3 Å². The molecule has 18 heavy (non-hydrogen) atoms. The van der Waals surface area contributed by atoms with Crippen molar-refractivity contribution in [2.24, 2.45) is 11.8 Å². The topological polar surface area (TPSA) is 66.8 Å². The first kappa shape index (κ1) is 12.9. The van der Waals surface area contributed by atoms with E-state index in [0.29, 0.717) is 12.5 Å². The lowest BCUT2D eigenvalue weighted by Gasteiger charge is -2.34. The summed E-state index contributed by atoms with van der Waals surface area (Å²) >= 11 is 0. The van der Waals surface area contributed by atoms with Crippen LogP contribution in [0.4, 0.5) is 4.79 Å². The number of carbonyl (C=O) groups is 2. The maximum Gasteiger partial charge on any atom is 0.410 e. The lowest BCUT2D eigenvalue weighted by molar-refractivity contribution is -0.144. The molecule has 2 fully saturated rings. The Labute approximate surface area is 106 Å². The minimum Gasteiger partial charge on any atom is -0.480 e. The molecule has 0 aromatic heterocycles. The number of amides is 1. The van der Waals surface area contributed by atoms with Crippen LogP contribution in [-0.2, 0) is 9.53 Å². The molecular weight excluding hydrogens is 234 g/mol. The summed E-state index contributed by atoms with van der Waals surface area (Å²) in [6, 6.07) is -0.715. The number of carboxylic acid groups (broad SMARTS) is 1. The van der Waals surface area contributed by atoms with Crippen LogP contribution in [0.25, 0.3) is 0 Å². The Morgan fingerprint density at radius 3 is 2.61 bits per heavy atom. The van der Waals surface area contributed by atoms with Crippen molar-refractivity contribution in [3.05, 3.63) is 12.7 Å². The van der Waals surface area contributed by atoms with E-state index in [9.17, 15) is 14.7 Å². The molecule has 0 bridgehead atoms. The molecule has 2 unspecified atom stereocenters. The fourth-order valence-corrected chi connectivity index (χ4v) is 2.91. The van der Waals surface area contributed by atoms with Crippen LogP contribution in [0.3, 0.4) is 0 Å². The molecule has 0 aromatic carbocycles. The minimum atomic E-state index is -0.917. The molecular formula is C13H19NO4. The Balaban J connectivity index is 2.03. The van der Waals surface area contributed by atoms with E-state index in [1.54, 1.807) is 0 Å². The van der Waals surface area contributed by atoms with Crippen molar-refractivity contribution >= 4 is 12.1 Å². The second-order valence-electron chi connectivity index (χ2n) is 4.99. The monoisotopic (exact) mass is 253 g/mol. The zero-order valence-corrected chi connectivity index (χ0v) is 10.4. The maximum absolute atomic E-state index is 11.8. The molecule has 100 valence electrons. The van der Waals surface area contributed by atoms with Crippen molar-refractivity contribution in [1.82, 2.24) is 4.90 Å². The van der Waals surface area contributed by atoms with Gasteiger partial charge in [0.2, 0.25) is 0 Å². The standard InChI is InChI=1S/C13H19NO4/c1-2-8-18-13(17)14-7-6-10(9-4-3-5-9)11(14)12(15)16/h2,9-11H,1,3-8H2,(H,15,16). The van der Waals surface area contributed by atoms with Crippen molar-refractivity contribution in [2.75, 3.05) is 13.2 Å². The number of rotatable bonds is 4. The van der Waals surface area contributed by atoms with E-state index < -0.39 is 18.1 Å². The van der Waals surface area contributed by atoms with Crippen LogP contribution in [0.5, 0.6) is 0 Å². The van der Waals surface area contributed by atoms with Crippen LogP contribution < -0.4 is 0 Å². The van der Waals surface area contributed by atoms with E-state index in [4.69, 9.17) is 4.74 Å². The second-order valence-corrected chi connectivity index (χ2v) is 4.99. The van der Waals surface area contributed by atoms with Crippen LogP contribution in [0.15, 0.2) is 12.7 Å². The van der Waals surface area contributed by atoms with Crippen molar-refractivity contribution in [3.63, 3.8) is 0 Å². The summed E-state index contributed by atoms with van der Waals surface area (Å²) in [6.07, 6.45) is 5.06. The van der Waals surface area contributed by atoms with Gasteiger partial charge in [0.25, 0.3) is 0 Å². The van der Waals surface area contributed by atoms with Gasteiger partial charge in [0.1, 0.15) is 12.6 Å².